The van der Waals surface area contributed by atoms with Crippen molar-refractivity contribution in [1.82, 2.24) is 8.75 Å². The van der Waals surface area contributed by atoms with E-state index in [1.807, 2.05) is 24.3 Å². The number of unbranched alkanes of at least 4 members (excludes halogenated alkanes) is 20. The second-order valence-electron chi connectivity index (χ2n) is 37.1. The molecule has 0 spiro atoms. The number of allylic oxidation sites excluding steroid dienone is 6. The number of nitrogens with zero attached hydrogens (tertiary/aromatic N) is 8. The number of nitriles is 6. The molecule has 0 N–H and O–H groups in total. The van der Waals surface area contributed by atoms with E-state index in [1.54, 1.807) is 80.2 Å². The summed E-state index contributed by atoms with van der Waals surface area (Å²) in [5.41, 5.74) is 15.3. The minimum atomic E-state index is -1.18. The Labute approximate surface area is 792 Å². The van der Waals surface area contributed by atoms with Crippen LogP contribution in [0.5, 0.6) is 0 Å². The maximum absolute atomic E-state index is 15.0. The van der Waals surface area contributed by atoms with Crippen LogP contribution in [0.1, 0.15) is 332 Å². The van der Waals surface area contributed by atoms with E-state index in [1.165, 1.54) is 106 Å². The van der Waals surface area contributed by atoms with Crippen molar-refractivity contribution >= 4 is 126 Å². The quantitative estimate of drug-likeness (QED) is 0.0162. The Hall–Kier alpha value is -10.9. The first-order valence-corrected chi connectivity index (χ1v) is 52.0. The van der Waals surface area contributed by atoms with Crippen LogP contribution in [0.4, 0.5) is 17.6 Å². The third kappa shape index (κ3) is 15.4. The van der Waals surface area contributed by atoms with Gasteiger partial charge < -0.3 is 0 Å². The Bertz CT molecular complexity index is 6710. The molecule has 18 rings (SSSR count). The summed E-state index contributed by atoms with van der Waals surface area (Å²) in [6, 6.07) is 43.8. The lowest BCUT2D eigenvalue weighted by atomic mass is 9.73. The van der Waals surface area contributed by atoms with Crippen LogP contribution in [0.25, 0.3) is 116 Å². The number of ketones is 2. The zero-order valence-electron chi connectivity index (χ0n) is 75.0. The van der Waals surface area contributed by atoms with Crippen molar-refractivity contribution in [3.8, 4) is 119 Å². The maximum atomic E-state index is 15.0. The van der Waals surface area contributed by atoms with E-state index < -0.39 is 45.7 Å². The van der Waals surface area contributed by atoms with E-state index in [2.05, 4.69) is 140 Å². The lowest BCUT2D eigenvalue weighted by molar-refractivity contribution is 0.103. The van der Waals surface area contributed by atoms with Crippen molar-refractivity contribution < 1.29 is 27.2 Å². The first-order chi connectivity index (χ1) is 63.5. The number of rotatable bonds is 34. The molecule has 7 aromatic heterocycles. The number of aromatic nitrogens is 2. The first kappa shape index (κ1) is 90.6. The van der Waals surface area contributed by atoms with Gasteiger partial charge >= 0.3 is 0 Å². The fourth-order valence-electron chi connectivity index (χ4n) is 21.9. The molecule has 0 saturated carbocycles. The molecule has 4 unspecified atom stereocenters. The molecule has 5 aromatic carbocycles. The second-order valence-corrected chi connectivity index (χ2v) is 44.1. The van der Waals surface area contributed by atoms with Crippen LogP contribution in [0.15, 0.2) is 119 Å². The number of hydrogen-bond donors (Lipinski definition) is 0. The van der Waals surface area contributed by atoms with Crippen molar-refractivity contribution in [1.29, 1.82) is 31.6 Å². The molecule has 7 heterocycles. The lowest BCUT2D eigenvalue weighted by Gasteiger charge is -2.30. The Morgan fingerprint density at radius 1 is 0.328 bits per heavy atom. The molecule has 0 bridgehead atoms. The number of carbonyl (C=O) groups is 2. The summed E-state index contributed by atoms with van der Waals surface area (Å²) >= 11 is 11.0. The molecular formula is C110H98F4N8O2S7. The maximum Gasteiger partial charge on any atom is 0.194 e. The summed E-state index contributed by atoms with van der Waals surface area (Å²) < 4.78 is 69.8. The van der Waals surface area contributed by atoms with Crippen molar-refractivity contribution in [2.75, 3.05) is 0 Å². The van der Waals surface area contributed by atoms with Gasteiger partial charge in [0.2, 0.25) is 0 Å². The topological polar surface area (TPSA) is 203 Å². The molecule has 131 heavy (non-hydrogen) atoms. The van der Waals surface area contributed by atoms with Gasteiger partial charge in [0, 0.05) is 125 Å². The fourth-order valence-corrected chi connectivity index (χ4v) is 29.9. The summed E-state index contributed by atoms with van der Waals surface area (Å²) in [6.07, 6.45) is 34.1. The van der Waals surface area contributed by atoms with Gasteiger partial charge in [0.05, 0.1) is 22.9 Å². The van der Waals surface area contributed by atoms with E-state index in [4.69, 9.17) is 8.75 Å². The van der Waals surface area contributed by atoms with Crippen LogP contribution in [-0.2, 0) is 21.7 Å². The molecule has 0 saturated heterocycles. The summed E-state index contributed by atoms with van der Waals surface area (Å²) in [4.78, 5) is 40.8. The predicted octanol–water partition coefficient (Wildman–Crippen LogP) is 33.3. The number of carbonyl (C=O) groups excluding carboxylic acids is 2. The molecule has 6 aliphatic carbocycles. The predicted molar refractivity (Wildman–Crippen MR) is 529 cm³/mol. The summed E-state index contributed by atoms with van der Waals surface area (Å²) in [5, 5.41) is 64.1. The molecule has 0 fully saturated rings. The Kier molecular flexibility index (Phi) is 25.5. The van der Waals surface area contributed by atoms with Crippen LogP contribution >= 0.6 is 79.7 Å². The fraction of sp³-hybridized carbons (Fsp3) is 0.364. The van der Waals surface area contributed by atoms with Crippen molar-refractivity contribution in [2.45, 2.75) is 257 Å². The van der Waals surface area contributed by atoms with Crippen LogP contribution in [0, 0.1) is 91.3 Å². The van der Waals surface area contributed by atoms with E-state index in [9.17, 15) is 58.7 Å². The molecular weight excluding hydrogens is 1770 g/mol. The van der Waals surface area contributed by atoms with Gasteiger partial charge in [-0.1, -0.05) is 209 Å². The van der Waals surface area contributed by atoms with Gasteiger partial charge in [0.1, 0.15) is 58.6 Å². The lowest BCUT2D eigenvalue weighted by Crippen LogP contribution is -2.22. The van der Waals surface area contributed by atoms with Gasteiger partial charge in [-0.05, 0) is 213 Å². The minimum absolute atomic E-state index is 0.0116. The number of hydrogen-bond acceptors (Lipinski definition) is 17. The molecule has 0 aliphatic heterocycles. The zero-order chi connectivity index (χ0) is 91.7. The number of benzene rings is 5. The number of halogens is 4. The van der Waals surface area contributed by atoms with Gasteiger partial charge in [-0.25, -0.2) is 17.6 Å². The van der Waals surface area contributed by atoms with Gasteiger partial charge in [0.25, 0.3) is 0 Å². The largest absolute Gasteiger partial charge is 0.289 e. The van der Waals surface area contributed by atoms with Crippen LogP contribution < -0.4 is 0 Å². The molecule has 0 radical (unpaired) electrons. The molecule has 660 valence electrons. The number of Topliss-reactive ketones (excluding diaryl/α,β-unsaturated/α-hetero) is 2. The highest BCUT2D eigenvalue weighted by Gasteiger charge is 2.50. The molecule has 0 amide bonds. The summed E-state index contributed by atoms with van der Waals surface area (Å²) in [5.74, 6) is -5.84. The van der Waals surface area contributed by atoms with Crippen molar-refractivity contribution in [3.63, 3.8) is 0 Å². The zero-order valence-corrected chi connectivity index (χ0v) is 80.7. The highest BCUT2D eigenvalue weighted by atomic mass is 32.1. The Balaban J connectivity index is 0.688. The van der Waals surface area contributed by atoms with Gasteiger partial charge in [-0.3, -0.25) is 9.59 Å². The molecule has 21 heteroatoms. The third-order valence-corrected chi connectivity index (χ3v) is 36.7. The molecule has 12 aromatic rings. The summed E-state index contributed by atoms with van der Waals surface area (Å²) in [6.45, 7) is 18.5. The van der Waals surface area contributed by atoms with Crippen LogP contribution in [0.2, 0.25) is 0 Å². The molecule has 4 atom stereocenters. The molecule has 6 aliphatic rings. The minimum Gasteiger partial charge on any atom is -0.289 e. The SMILES string of the molecule is CCCCCCCCC1(C)c2cc3c(cc2-c2sc(/C=C4\C(=O)c5cc(F)c(F)cc5C4=C(C#N)C#N)cc21)C(C)(CCCCCCCC)c1cc(-c2ccc(-c4c(C#N)c(C#N)c(-c5ccc(-c6cc7c(s6)-c6cc8c(cc6C7(C)CCCCCCCC)-c6sc(/C=C7\C(=O)c9cc(F)c(F)cc9C7=C(C#N)C#N)cc6C8(C)CCCCCCCC)s5)c5nsnc45)s2)sc1-3. The van der Waals surface area contributed by atoms with E-state index >= 15 is 0 Å². The average Bonchev–Trinajstić information content (AvgIpc) is 1.53. The van der Waals surface area contributed by atoms with Crippen molar-refractivity contribution in [2.24, 2.45) is 0 Å². The van der Waals surface area contributed by atoms with E-state index in [-0.39, 0.29) is 77.6 Å². The van der Waals surface area contributed by atoms with Gasteiger partial charge in [0.15, 0.2) is 34.8 Å². The number of thiophene rings is 6. The second kappa shape index (κ2) is 36.9. The van der Waals surface area contributed by atoms with E-state index in [0.717, 1.165) is 235 Å². The first-order valence-electron chi connectivity index (χ1n) is 46.4. The van der Waals surface area contributed by atoms with E-state index in [0.29, 0.717) is 22.2 Å². The van der Waals surface area contributed by atoms with Crippen LogP contribution in [0.3, 0.4) is 0 Å². The Morgan fingerprint density at radius 3 is 0.916 bits per heavy atom. The van der Waals surface area contributed by atoms with Crippen molar-refractivity contribution in [3.05, 3.63) is 230 Å². The van der Waals surface area contributed by atoms with Crippen LogP contribution in [-0.4, -0.2) is 20.3 Å². The number of fused-ring (bicyclic) bond motifs is 15. The molecule has 10 nitrogen and oxygen atoms in total. The highest BCUT2D eigenvalue weighted by molar-refractivity contribution is 7.26. The standard InChI is InChI=1S/C110H98F4N8O2S7/c1-9-13-17-21-25-29-37-107(5)77-47-71-79(45-69(77)103-81(107)43-63(125-103)41-73-95(61(55-115)56-116)65-49-85(111)87(113)51-67(65)101(73)123)109(7,39-31-27-23-19-15-11-3)83-53-93(129-105(71)83)89-33-35-91(127-89)97-75(59-119)76(60-120)98(100-99(97)121-131-122-100)92-36-34-90(128-92)94-54-84-106(130-94)72-48-78-70(46-80(72)110(84,8)40-32-28-24-20-16-12-4)104-82(108(78,6)38-30-26-22-18-14-10-2)44-64(126-104)42-74-96(62(57-117)58-118)66-50-86(112)88(114)52-68(66)102(74)124/h33-36,41-54H,9-32,37-40H2,1-8H3/b73-41-,74-42-. The van der Waals surface area contributed by atoms with Gasteiger partial charge in [-0.15, -0.1) is 68.0 Å². The summed E-state index contributed by atoms with van der Waals surface area (Å²) in [7, 11) is 0. The average molecular weight is 1860 g/mol. The highest BCUT2D eigenvalue weighted by Crippen LogP contribution is 2.66. The van der Waals surface area contributed by atoms with Gasteiger partial charge in [-0.2, -0.15) is 40.3 Å². The Morgan fingerprint density at radius 2 is 0.611 bits per heavy atom. The third-order valence-electron chi connectivity index (χ3n) is 29.0. The smallest absolute Gasteiger partial charge is 0.194 e. The monoisotopic (exact) mass is 1860 g/mol. The normalized spacial score (nSPS) is 18.4.